The fourth-order valence-electron chi connectivity index (χ4n) is 4.94. The van der Waals surface area contributed by atoms with Crippen molar-refractivity contribution in [1.82, 2.24) is 25.1 Å². The second-order valence-electron chi connectivity index (χ2n) is 9.37. The molecular weight excluding hydrogens is 402 g/mol. The smallest absolute Gasteiger partial charge is 0.254 e. The van der Waals surface area contributed by atoms with Gasteiger partial charge in [-0.1, -0.05) is 6.92 Å². The molecule has 2 fully saturated rings. The number of nitrogen functional groups attached to an aromatic ring is 1. The number of fused-ring (bicyclic) bond motifs is 2. The molecule has 3 aliphatic rings. The summed E-state index contributed by atoms with van der Waals surface area (Å²) in [5, 5.41) is 7.27. The van der Waals surface area contributed by atoms with Gasteiger partial charge in [-0.05, 0) is 60.9 Å². The van der Waals surface area contributed by atoms with Crippen molar-refractivity contribution < 1.29 is 4.79 Å². The molecule has 1 spiro atoms. The number of amides is 1. The summed E-state index contributed by atoms with van der Waals surface area (Å²) < 4.78 is 1.52. The molecule has 6 rings (SSSR count). The maximum atomic E-state index is 12.3. The van der Waals surface area contributed by atoms with Crippen molar-refractivity contribution in [2.24, 2.45) is 10.9 Å². The maximum Gasteiger partial charge on any atom is 0.254 e. The minimum Gasteiger partial charge on any atom is -0.381 e. The minimum absolute atomic E-state index is 0.130. The van der Waals surface area contributed by atoms with Crippen molar-refractivity contribution in [3.8, 4) is 17.1 Å². The van der Waals surface area contributed by atoms with E-state index >= 15 is 0 Å². The summed E-state index contributed by atoms with van der Waals surface area (Å²) in [5.74, 6) is 1.20. The highest BCUT2D eigenvalue weighted by Gasteiger charge is 2.54. The number of nitrogens with zero attached hydrogens (tertiary/aromatic N) is 5. The van der Waals surface area contributed by atoms with Gasteiger partial charge >= 0.3 is 0 Å². The Labute approximate surface area is 186 Å². The van der Waals surface area contributed by atoms with Crippen molar-refractivity contribution in [2.45, 2.75) is 44.6 Å². The van der Waals surface area contributed by atoms with E-state index in [1.165, 1.54) is 28.4 Å². The van der Waals surface area contributed by atoms with Crippen molar-refractivity contribution in [2.75, 3.05) is 12.3 Å². The summed E-state index contributed by atoms with van der Waals surface area (Å²) >= 11 is 0. The molecule has 3 N–H and O–H groups in total. The van der Waals surface area contributed by atoms with Crippen molar-refractivity contribution in [3.05, 3.63) is 53.0 Å². The summed E-state index contributed by atoms with van der Waals surface area (Å²) in [6.45, 7) is 5.35. The molecule has 3 heterocycles. The summed E-state index contributed by atoms with van der Waals surface area (Å²) in [7, 11) is 0. The number of rotatable bonds is 4. The van der Waals surface area contributed by atoms with Crippen molar-refractivity contribution in [1.29, 1.82) is 0 Å². The fraction of sp³-hybridized carbons (Fsp3) is 0.375. The Balaban J connectivity index is 1.36. The number of carbonyl (C=O) groups excluding carboxylic acids is 1. The maximum absolute atomic E-state index is 12.3. The fourth-order valence-corrected chi connectivity index (χ4v) is 4.94. The molecule has 0 bridgehead atoms. The molecule has 2 aliphatic carbocycles. The molecule has 2 saturated carbocycles. The van der Waals surface area contributed by atoms with E-state index in [0.717, 1.165) is 30.5 Å². The van der Waals surface area contributed by atoms with E-state index < -0.39 is 0 Å². The van der Waals surface area contributed by atoms with Gasteiger partial charge in [-0.15, -0.1) is 0 Å². The van der Waals surface area contributed by atoms with Gasteiger partial charge in [0.2, 0.25) is 0 Å². The van der Waals surface area contributed by atoms with Gasteiger partial charge in [0.1, 0.15) is 0 Å². The lowest BCUT2D eigenvalue weighted by Crippen LogP contribution is -2.24. The number of hydrogen-bond acceptors (Lipinski definition) is 6. The Bertz CT molecular complexity index is 1290. The van der Waals surface area contributed by atoms with Crippen LogP contribution in [0, 0.1) is 12.8 Å². The van der Waals surface area contributed by atoms with Gasteiger partial charge in [0, 0.05) is 36.0 Å². The Morgan fingerprint density at radius 1 is 1.28 bits per heavy atom. The number of aryl methyl sites for hydroxylation is 1. The molecule has 2 aromatic heterocycles. The predicted octanol–water partition coefficient (Wildman–Crippen LogP) is 2.82. The highest BCUT2D eigenvalue weighted by atomic mass is 16.1. The number of hydrogen-bond donors (Lipinski definition) is 2. The summed E-state index contributed by atoms with van der Waals surface area (Å²) in [5.41, 5.74) is 12.3. The van der Waals surface area contributed by atoms with Crippen LogP contribution in [0.5, 0.6) is 0 Å². The lowest BCUT2D eigenvalue weighted by molar-refractivity contribution is 0.0951. The van der Waals surface area contributed by atoms with Gasteiger partial charge in [-0.3, -0.25) is 9.79 Å². The largest absolute Gasteiger partial charge is 0.381 e. The van der Waals surface area contributed by atoms with Crippen molar-refractivity contribution in [3.63, 3.8) is 0 Å². The van der Waals surface area contributed by atoms with Crippen LogP contribution in [0.4, 0.5) is 5.82 Å². The topological polar surface area (TPSA) is 111 Å². The Hall–Kier alpha value is -3.55. The van der Waals surface area contributed by atoms with E-state index in [-0.39, 0.29) is 23.2 Å². The van der Waals surface area contributed by atoms with Gasteiger partial charge in [-0.25, -0.2) is 14.6 Å². The first-order valence-electron chi connectivity index (χ1n) is 11.1. The van der Waals surface area contributed by atoms with Gasteiger partial charge in [0.25, 0.3) is 5.91 Å². The van der Waals surface area contributed by atoms with Crippen LogP contribution in [0.3, 0.4) is 0 Å². The zero-order chi connectivity index (χ0) is 22.0. The van der Waals surface area contributed by atoms with Crippen LogP contribution < -0.4 is 11.1 Å². The van der Waals surface area contributed by atoms with Crippen LogP contribution >= 0.6 is 0 Å². The first-order chi connectivity index (χ1) is 15.4. The average Bonchev–Trinajstić information content (AvgIpc) is 3.64. The third-order valence-corrected chi connectivity index (χ3v) is 6.97. The molecule has 0 radical (unpaired) electrons. The lowest BCUT2D eigenvalue weighted by atomic mass is 9.83. The molecule has 1 amide bonds. The van der Waals surface area contributed by atoms with Gasteiger partial charge in [0.15, 0.2) is 11.6 Å². The molecule has 2 atom stereocenters. The van der Waals surface area contributed by atoms with Crippen LogP contribution in [-0.2, 0) is 5.41 Å². The second kappa shape index (κ2) is 6.72. The van der Waals surface area contributed by atoms with Gasteiger partial charge in [0.05, 0.1) is 23.7 Å². The number of anilines is 1. The van der Waals surface area contributed by atoms with Crippen molar-refractivity contribution >= 4 is 17.9 Å². The highest BCUT2D eigenvalue weighted by molar-refractivity contribution is 5.94. The van der Waals surface area contributed by atoms with E-state index in [1.807, 2.05) is 6.21 Å². The lowest BCUT2D eigenvalue weighted by Gasteiger charge is -2.25. The summed E-state index contributed by atoms with van der Waals surface area (Å²) in [4.78, 5) is 26.1. The third kappa shape index (κ3) is 3.01. The molecule has 32 heavy (non-hydrogen) atoms. The summed E-state index contributed by atoms with van der Waals surface area (Å²) in [6, 6.07) is 4.60. The zero-order valence-corrected chi connectivity index (χ0v) is 18.2. The molecule has 8 nitrogen and oxygen atoms in total. The van der Waals surface area contributed by atoms with E-state index in [1.54, 1.807) is 12.4 Å². The normalized spacial score (nSPS) is 23.2. The summed E-state index contributed by atoms with van der Waals surface area (Å²) in [6.07, 6.45) is 10.1. The first-order valence-corrected chi connectivity index (χ1v) is 11.1. The van der Waals surface area contributed by atoms with Crippen LogP contribution in [-0.4, -0.2) is 44.5 Å². The number of nitrogens with one attached hydrogen (secondary N) is 1. The molecular formula is C24H25N7O. The first kappa shape index (κ1) is 19.2. The number of nitrogens with two attached hydrogens (primary N) is 1. The van der Waals surface area contributed by atoms with Crippen LogP contribution in [0.2, 0.25) is 0 Å². The van der Waals surface area contributed by atoms with Crippen LogP contribution in [0.25, 0.3) is 17.1 Å². The number of aromatic nitrogens is 4. The minimum atomic E-state index is -0.130. The molecule has 1 aromatic carbocycles. The molecule has 162 valence electrons. The molecule has 2 unspecified atom stereocenters. The highest BCUT2D eigenvalue weighted by Crippen LogP contribution is 2.57. The molecule has 0 saturated heterocycles. The quantitative estimate of drug-likeness (QED) is 0.665. The second-order valence-corrected chi connectivity index (χ2v) is 9.37. The molecule has 1 aliphatic heterocycles. The third-order valence-electron chi connectivity index (χ3n) is 6.97. The van der Waals surface area contributed by atoms with Crippen LogP contribution in [0.1, 0.15) is 53.2 Å². The standard InChI is InChI=1S/C24H25N7O/c1-13-5-15(6-16-8-26-12-24(20(13)16)7-14(24)2)19-10-27-21(25)22(30-19)31-11-17(9-28-31)23(32)29-18-3-4-18/h5-6,8-11,14,18H,3-4,7,12H2,1-2H3,(H2,25,27)(H,29,32). The van der Waals surface area contributed by atoms with E-state index in [9.17, 15) is 4.79 Å². The Morgan fingerprint density at radius 2 is 2.09 bits per heavy atom. The predicted molar refractivity (Wildman–Crippen MR) is 122 cm³/mol. The molecule has 8 heteroatoms. The number of benzene rings is 1. The Morgan fingerprint density at radius 3 is 2.84 bits per heavy atom. The number of aliphatic imine (C=N–C) groups is 1. The SMILES string of the molecule is Cc1cc(-c2cnc(N)c(-n3cc(C(=O)NC4CC4)cn3)n2)cc2c1C1(CN=C2)CC1C. The zero-order valence-electron chi connectivity index (χ0n) is 18.2. The van der Waals surface area contributed by atoms with E-state index in [4.69, 9.17) is 10.7 Å². The van der Waals surface area contributed by atoms with Gasteiger partial charge < -0.3 is 11.1 Å². The number of carbonyl (C=O) groups is 1. The molecule has 3 aromatic rings. The average molecular weight is 428 g/mol. The Kier molecular flexibility index (Phi) is 4.02. The van der Waals surface area contributed by atoms with Crippen LogP contribution in [0.15, 0.2) is 35.7 Å². The van der Waals surface area contributed by atoms with Gasteiger partial charge in [-0.2, -0.15) is 5.10 Å². The monoisotopic (exact) mass is 427 g/mol. The van der Waals surface area contributed by atoms with E-state index in [0.29, 0.717) is 23.0 Å². The van der Waals surface area contributed by atoms with E-state index in [2.05, 4.69) is 46.4 Å².